The summed E-state index contributed by atoms with van der Waals surface area (Å²) in [6, 6.07) is 6.40. The maximum absolute atomic E-state index is 13.1. The van der Waals surface area contributed by atoms with Gasteiger partial charge in [-0.15, -0.1) is 23.7 Å². The number of hydrogen-bond acceptors (Lipinski definition) is 6. The smallest absolute Gasteiger partial charge is 0.303 e. The number of hydrogen-bond donors (Lipinski definition) is 3. The normalized spacial score (nSPS) is 18.8. The fraction of sp³-hybridized carbons (Fsp3) is 0.500. The summed E-state index contributed by atoms with van der Waals surface area (Å²) in [4.78, 5) is 44.2. The van der Waals surface area contributed by atoms with Gasteiger partial charge in [-0.1, -0.05) is 45.0 Å². The Bertz CT molecular complexity index is 1020. The lowest BCUT2D eigenvalue weighted by Crippen LogP contribution is -2.54. The lowest BCUT2D eigenvalue weighted by atomic mass is 9.86. The Morgan fingerprint density at radius 3 is 2.44 bits per heavy atom. The Morgan fingerprint density at radius 2 is 1.91 bits per heavy atom. The van der Waals surface area contributed by atoms with Crippen LogP contribution in [0.2, 0.25) is 0 Å². The van der Waals surface area contributed by atoms with Crippen LogP contribution in [0.1, 0.15) is 44.9 Å². The Morgan fingerprint density at radius 1 is 1.26 bits per heavy atom. The van der Waals surface area contributed by atoms with Crippen molar-refractivity contribution in [2.75, 3.05) is 6.54 Å². The minimum atomic E-state index is -0.940. The molecule has 2 amide bonds. The van der Waals surface area contributed by atoms with E-state index >= 15 is 0 Å². The fourth-order valence-electron chi connectivity index (χ4n) is 4.02. The highest BCUT2D eigenvalue weighted by molar-refractivity contribution is 7.13. The zero-order valence-electron chi connectivity index (χ0n) is 19.9. The molecule has 186 valence electrons. The number of rotatable bonds is 7. The molecule has 0 unspecified atom stereocenters. The summed E-state index contributed by atoms with van der Waals surface area (Å²) in [5.41, 5.74) is 10.5. The van der Waals surface area contributed by atoms with E-state index in [0.29, 0.717) is 13.0 Å². The van der Waals surface area contributed by atoms with Crippen molar-refractivity contribution >= 4 is 41.5 Å². The molecule has 4 N–H and O–H groups in total. The molecule has 3 rings (SSSR count). The lowest BCUT2D eigenvalue weighted by molar-refractivity contribution is -0.141. The Balaban J connectivity index is 0.00000408. The molecule has 1 fully saturated rings. The quantitative estimate of drug-likeness (QED) is 0.527. The van der Waals surface area contributed by atoms with Gasteiger partial charge in [0.1, 0.15) is 6.04 Å². The van der Waals surface area contributed by atoms with Gasteiger partial charge in [0.05, 0.1) is 22.1 Å². The molecule has 2 heterocycles. The third-order valence-corrected chi connectivity index (χ3v) is 7.04. The molecule has 2 aromatic rings. The van der Waals surface area contributed by atoms with Crippen molar-refractivity contribution in [3.8, 4) is 10.4 Å². The molecule has 34 heavy (non-hydrogen) atoms. The van der Waals surface area contributed by atoms with E-state index in [0.717, 1.165) is 21.7 Å². The van der Waals surface area contributed by atoms with Crippen LogP contribution < -0.4 is 11.1 Å². The molecule has 10 heteroatoms. The van der Waals surface area contributed by atoms with Crippen molar-refractivity contribution in [2.45, 2.75) is 59.2 Å². The topological polar surface area (TPSA) is 126 Å². The first kappa shape index (κ1) is 27.8. The number of thiazole rings is 1. The monoisotopic (exact) mass is 508 g/mol. The molecule has 1 aliphatic heterocycles. The van der Waals surface area contributed by atoms with Gasteiger partial charge in [0, 0.05) is 19.5 Å². The first-order valence-electron chi connectivity index (χ1n) is 11.0. The predicted octanol–water partition coefficient (Wildman–Crippen LogP) is 3.22. The van der Waals surface area contributed by atoms with E-state index in [1.54, 1.807) is 11.3 Å². The molecule has 1 aliphatic rings. The molecule has 0 bridgehead atoms. The molecule has 0 spiro atoms. The SMILES string of the molecule is Cc1ncsc1-c1ccc(CNC(=O)[C@@H]2C[C@H](CC(=O)O)CN2C(=O)[C@@H](N)C(C)(C)C)cc1.Cl. The average Bonchev–Trinajstić information content (AvgIpc) is 3.36. The number of amides is 2. The summed E-state index contributed by atoms with van der Waals surface area (Å²) in [6.45, 7) is 8.11. The van der Waals surface area contributed by atoms with Crippen LogP contribution in [0.4, 0.5) is 0 Å². The summed E-state index contributed by atoms with van der Waals surface area (Å²) in [5, 5.41) is 12.1. The highest BCUT2D eigenvalue weighted by Crippen LogP contribution is 2.30. The summed E-state index contributed by atoms with van der Waals surface area (Å²) >= 11 is 1.58. The van der Waals surface area contributed by atoms with Crippen LogP contribution in [0.25, 0.3) is 10.4 Å². The number of likely N-dealkylation sites (tertiary alicyclic amines) is 1. The Kier molecular flexibility index (Phi) is 9.22. The summed E-state index contributed by atoms with van der Waals surface area (Å²) in [7, 11) is 0. The number of benzene rings is 1. The number of aliphatic carboxylic acids is 1. The highest BCUT2D eigenvalue weighted by Gasteiger charge is 2.43. The van der Waals surface area contributed by atoms with E-state index in [-0.39, 0.29) is 43.1 Å². The number of carbonyl (C=O) groups is 3. The van der Waals surface area contributed by atoms with Crippen molar-refractivity contribution in [1.29, 1.82) is 0 Å². The molecule has 1 saturated heterocycles. The number of carboxylic acid groups (broad SMARTS) is 1. The zero-order chi connectivity index (χ0) is 24.3. The largest absolute Gasteiger partial charge is 0.481 e. The Labute approximate surface area is 210 Å². The fourth-order valence-corrected chi connectivity index (χ4v) is 4.83. The number of halogens is 1. The minimum absolute atomic E-state index is 0. The molecule has 0 saturated carbocycles. The number of nitrogens with one attached hydrogen (secondary N) is 1. The second-order valence-electron chi connectivity index (χ2n) is 9.73. The molecule has 8 nitrogen and oxygen atoms in total. The first-order valence-corrected chi connectivity index (χ1v) is 11.9. The third kappa shape index (κ3) is 6.55. The van der Waals surface area contributed by atoms with Crippen molar-refractivity contribution in [3.05, 3.63) is 41.0 Å². The molecule has 0 radical (unpaired) electrons. The van der Waals surface area contributed by atoms with Gasteiger partial charge in [0.2, 0.25) is 11.8 Å². The van der Waals surface area contributed by atoms with E-state index in [9.17, 15) is 19.5 Å². The van der Waals surface area contributed by atoms with Gasteiger partial charge in [-0.2, -0.15) is 0 Å². The first-order chi connectivity index (χ1) is 15.5. The maximum Gasteiger partial charge on any atom is 0.303 e. The van der Waals surface area contributed by atoms with E-state index < -0.39 is 23.5 Å². The predicted molar refractivity (Wildman–Crippen MR) is 135 cm³/mol. The van der Waals surface area contributed by atoms with Crippen LogP contribution in [0, 0.1) is 18.3 Å². The van der Waals surface area contributed by atoms with E-state index in [1.807, 2.05) is 57.5 Å². The van der Waals surface area contributed by atoms with Crippen LogP contribution in [0.5, 0.6) is 0 Å². The van der Waals surface area contributed by atoms with Crippen LogP contribution in [-0.2, 0) is 20.9 Å². The van der Waals surface area contributed by atoms with Gasteiger partial charge in [-0.25, -0.2) is 4.98 Å². The van der Waals surface area contributed by atoms with Crippen molar-refractivity contribution < 1.29 is 19.5 Å². The molecule has 1 aromatic heterocycles. The number of nitrogens with two attached hydrogens (primary N) is 1. The molecular formula is C24H33ClN4O4S. The van der Waals surface area contributed by atoms with Crippen molar-refractivity contribution in [2.24, 2.45) is 17.1 Å². The van der Waals surface area contributed by atoms with Gasteiger partial charge in [0.15, 0.2) is 0 Å². The summed E-state index contributed by atoms with van der Waals surface area (Å²) in [6.07, 6.45) is 0.223. The average molecular weight is 509 g/mol. The molecule has 0 aliphatic carbocycles. The summed E-state index contributed by atoms with van der Waals surface area (Å²) in [5.74, 6) is -1.83. The van der Waals surface area contributed by atoms with Crippen LogP contribution in [-0.4, -0.2) is 51.4 Å². The second-order valence-corrected chi connectivity index (χ2v) is 10.6. The van der Waals surface area contributed by atoms with Gasteiger partial charge in [0.25, 0.3) is 0 Å². The Hall–Kier alpha value is -2.49. The van der Waals surface area contributed by atoms with E-state index in [2.05, 4.69) is 10.3 Å². The summed E-state index contributed by atoms with van der Waals surface area (Å²) < 4.78 is 0. The van der Waals surface area contributed by atoms with Crippen LogP contribution in [0.15, 0.2) is 29.8 Å². The van der Waals surface area contributed by atoms with Crippen LogP contribution in [0.3, 0.4) is 0 Å². The number of aromatic nitrogens is 1. The highest BCUT2D eigenvalue weighted by atomic mass is 35.5. The molecule has 1 aromatic carbocycles. The lowest BCUT2D eigenvalue weighted by Gasteiger charge is -2.32. The van der Waals surface area contributed by atoms with Gasteiger partial charge in [-0.05, 0) is 35.8 Å². The maximum atomic E-state index is 13.1. The van der Waals surface area contributed by atoms with E-state index in [4.69, 9.17) is 5.73 Å². The molecular weight excluding hydrogens is 476 g/mol. The van der Waals surface area contributed by atoms with Gasteiger partial charge >= 0.3 is 5.97 Å². The minimum Gasteiger partial charge on any atom is -0.481 e. The van der Waals surface area contributed by atoms with Gasteiger partial charge in [-0.3, -0.25) is 14.4 Å². The number of nitrogens with zero attached hydrogens (tertiary/aromatic N) is 2. The second kappa shape index (κ2) is 11.3. The third-order valence-electron chi connectivity index (χ3n) is 6.06. The number of aryl methyl sites for hydroxylation is 1. The van der Waals surface area contributed by atoms with Crippen molar-refractivity contribution in [3.63, 3.8) is 0 Å². The zero-order valence-corrected chi connectivity index (χ0v) is 21.5. The van der Waals surface area contributed by atoms with Crippen molar-refractivity contribution in [1.82, 2.24) is 15.2 Å². The standard InChI is InChI=1S/C24H32N4O4S.ClH/c1-14-20(33-13-27-14)17-7-5-15(6-8-17)11-26-22(31)18-9-16(10-19(29)30)12-28(18)23(32)21(25)24(2,3)4;/h5-8,13,16,18,21H,9-12,25H2,1-4H3,(H,26,31)(H,29,30);1H/t16-,18+,21-;/m1./s1. The van der Waals surface area contributed by atoms with E-state index in [1.165, 1.54) is 4.90 Å². The number of carbonyl (C=O) groups excluding carboxylic acids is 2. The molecule has 3 atom stereocenters. The number of carboxylic acids is 1. The van der Waals surface area contributed by atoms with Crippen LogP contribution >= 0.6 is 23.7 Å². The van der Waals surface area contributed by atoms with Gasteiger partial charge < -0.3 is 21.1 Å².